The van der Waals surface area contributed by atoms with Crippen LogP contribution in [0.3, 0.4) is 0 Å². The van der Waals surface area contributed by atoms with Crippen LogP contribution in [0, 0.1) is 29.0 Å². The predicted octanol–water partition coefficient (Wildman–Crippen LogP) is 2.68. The summed E-state index contributed by atoms with van der Waals surface area (Å²) in [4.78, 5) is 0. The van der Waals surface area contributed by atoms with E-state index in [0.717, 1.165) is 0 Å². The lowest BCUT2D eigenvalue weighted by Gasteiger charge is -1.93. The second-order valence-electron chi connectivity index (χ2n) is 2.55. The summed E-state index contributed by atoms with van der Waals surface area (Å²) in [6.45, 7) is 0. The number of nitrogens with zero attached hydrogens (tertiary/aromatic N) is 1. The summed E-state index contributed by atoms with van der Waals surface area (Å²) in [6.07, 6.45) is 0.512. The van der Waals surface area contributed by atoms with Crippen molar-refractivity contribution in [3.8, 4) is 17.9 Å². The fourth-order valence-electron chi connectivity index (χ4n) is 0.896. The van der Waals surface area contributed by atoms with Gasteiger partial charge in [0.2, 0.25) is 0 Å². The molecule has 0 saturated heterocycles. The lowest BCUT2D eigenvalue weighted by atomic mass is 10.1. The van der Waals surface area contributed by atoms with Crippen LogP contribution in [0.5, 0.6) is 0 Å². The molecule has 0 bridgehead atoms. The molecular formula is C11H7ClFN. The molecule has 0 N–H and O–H groups in total. The van der Waals surface area contributed by atoms with Crippen LogP contribution in [0.2, 0.25) is 0 Å². The van der Waals surface area contributed by atoms with Crippen LogP contribution >= 0.6 is 11.6 Å². The van der Waals surface area contributed by atoms with E-state index >= 15 is 0 Å². The van der Waals surface area contributed by atoms with Gasteiger partial charge in [0.1, 0.15) is 5.82 Å². The first kappa shape index (κ1) is 10.6. The van der Waals surface area contributed by atoms with E-state index in [1.165, 1.54) is 18.2 Å². The van der Waals surface area contributed by atoms with Crippen molar-refractivity contribution < 1.29 is 4.39 Å². The zero-order valence-corrected chi connectivity index (χ0v) is 8.11. The van der Waals surface area contributed by atoms with Gasteiger partial charge in [-0.15, -0.1) is 11.6 Å². The zero-order chi connectivity index (χ0) is 10.4. The number of alkyl halides is 1. The van der Waals surface area contributed by atoms with Gasteiger partial charge >= 0.3 is 0 Å². The van der Waals surface area contributed by atoms with E-state index in [1.807, 2.05) is 6.07 Å². The molecule has 0 radical (unpaired) electrons. The molecule has 0 heterocycles. The Hall–Kier alpha value is -1.51. The molecule has 0 unspecified atom stereocenters. The molecule has 0 fully saturated rings. The fourth-order valence-corrected chi connectivity index (χ4v) is 0.990. The first-order valence-corrected chi connectivity index (χ1v) is 4.56. The summed E-state index contributed by atoms with van der Waals surface area (Å²) < 4.78 is 13.1. The van der Waals surface area contributed by atoms with Crippen molar-refractivity contribution in [1.82, 2.24) is 0 Å². The molecule has 1 rings (SSSR count). The van der Waals surface area contributed by atoms with Crippen molar-refractivity contribution in [1.29, 1.82) is 5.26 Å². The normalized spacial score (nSPS) is 8.64. The Morgan fingerprint density at radius 1 is 1.43 bits per heavy atom. The van der Waals surface area contributed by atoms with Gasteiger partial charge in [-0.05, 0) is 18.2 Å². The topological polar surface area (TPSA) is 23.8 Å². The molecule has 0 aliphatic heterocycles. The van der Waals surface area contributed by atoms with Crippen molar-refractivity contribution in [3.05, 3.63) is 35.1 Å². The van der Waals surface area contributed by atoms with Gasteiger partial charge in [-0.25, -0.2) is 4.39 Å². The number of hydrogen-bond acceptors (Lipinski definition) is 1. The second kappa shape index (κ2) is 5.27. The van der Waals surface area contributed by atoms with E-state index in [0.29, 0.717) is 17.9 Å². The molecule has 0 spiro atoms. The van der Waals surface area contributed by atoms with Crippen LogP contribution in [0.1, 0.15) is 17.5 Å². The van der Waals surface area contributed by atoms with Crippen LogP contribution in [0.4, 0.5) is 4.39 Å². The number of rotatable bonds is 1. The Kier molecular flexibility index (Phi) is 3.98. The minimum absolute atomic E-state index is 0.245. The van der Waals surface area contributed by atoms with Crippen LogP contribution in [-0.4, -0.2) is 5.88 Å². The molecule has 3 heteroatoms. The first-order valence-electron chi connectivity index (χ1n) is 4.02. The fraction of sp³-hybridized carbons (Fsp3) is 0.182. The average Bonchev–Trinajstić information content (AvgIpc) is 2.21. The lowest BCUT2D eigenvalue weighted by Crippen LogP contribution is -1.85. The summed E-state index contributed by atoms with van der Waals surface area (Å²) in [7, 11) is 0. The molecular weight excluding hydrogens is 201 g/mol. The van der Waals surface area contributed by atoms with Gasteiger partial charge in [0.05, 0.1) is 17.2 Å². The standard InChI is InChI=1S/C11H7ClFN/c12-6-2-1-3-10-7-9(8-14)4-5-11(10)13/h4-5,7H,2,6H2. The van der Waals surface area contributed by atoms with Crippen LogP contribution in [0.25, 0.3) is 0 Å². The van der Waals surface area contributed by atoms with Gasteiger partial charge < -0.3 is 0 Å². The summed E-state index contributed by atoms with van der Waals surface area (Å²) in [5, 5.41) is 8.58. The SMILES string of the molecule is N#Cc1ccc(F)c(C#CCCCl)c1. The van der Waals surface area contributed by atoms with Gasteiger partial charge in [-0.3, -0.25) is 0 Å². The summed E-state index contributed by atoms with van der Waals surface area (Å²) >= 11 is 5.42. The maximum atomic E-state index is 13.1. The number of benzene rings is 1. The quantitative estimate of drug-likeness (QED) is 0.513. The molecule has 0 atom stereocenters. The Labute approximate surface area is 87.1 Å². The van der Waals surface area contributed by atoms with Crippen molar-refractivity contribution >= 4 is 11.6 Å². The zero-order valence-electron chi connectivity index (χ0n) is 7.35. The number of hydrogen-bond donors (Lipinski definition) is 0. The van der Waals surface area contributed by atoms with Crippen LogP contribution in [0.15, 0.2) is 18.2 Å². The lowest BCUT2D eigenvalue weighted by molar-refractivity contribution is 0.624. The van der Waals surface area contributed by atoms with Gasteiger partial charge in [-0.1, -0.05) is 11.8 Å². The van der Waals surface area contributed by atoms with E-state index in [1.54, 1.807) is 0 Å². The van der Waals surface area contributed by atoms with E-state index in [2.05, 4.69) is 11.8 Å². The Balaban J connectivity index is 2.98. The number of halogens is 2. The highest BCUT2D eigenvalue weighted by atomic mass is 35.5. The van der Waals surface area contributed by atoms with Gasteiger partial charge in [-0.2, -0.15) is 5.26 Å². The van der Waals surface area contributed by atoms with E-state index < -0.39 is 5.82 Å². The maximum Gasteiger partial charge on any atom is 0.138 e. The number of nitriles is 1. The molecule has 1 nitrogen and oxygen atoms in total. The molecule has 14 heavy (non-hydrogen) atoms. The van der Waals surface area contributed by atoms with Crippen molar-refractivity contribution in [3.63, 3.8) is 0 Å². The maximum absolute atomic E-state index is 13.1. The third-order valence-corrected chi connectivity index (χ3v) is 1.73. The Bertz CT molecular complexity index is 423. The minimum atomic E-state index is -0.411. The highest BCUT2D eigenvalue weighted by Gasteiger charge is 1.99. The highest BCUT2D eigenvalue weighted by molar-refractivity contribution is 6.18. The van der Waals surface area contributed by atoms with E-state index in [4.69, 9.17) is 16.9 Å². The van der Waals surface area contributed by atoms with Gasteiger partial charge in [0, 0.05) is 12.3 Å². The van der Waals surface area contributed by atoms with E-state index in [-0.39, 0.29) is 5.56 Å². The molecule has 0 aliphatic carbocycles. The second-order valence-corrected chi connectivity index (χ2v) is 2.93. The van der Waals surface area contributed by atoms with Gasteiger partial charge in [0.25, 0.3) is 0 Å². The predicted molar refractivity (Wildman–Crippen MR) is 53.3 cm³/mol. The minimum Gasteiger partial charge on any atom is -0.206 e. The van der Waals surface area contributed by atoms with Crippen LogP contribution in [-0.2, 0) is 0 Å². The van der Waals surface area contributed by atoms with Crippen molar-refractivity contribution in [2.45, 2.75) is 6.42 Å². The Morgan fingerprint density at radius 2 is 2.21 bits per heavy atom. The van der Waals surface area contributed by atoms with Crippen molar-refractivity contribution in [2.24, 2.45) is 0 Å². The third kappa shape index (κ3) is 2.76. The highest BCUT2D eigenvalue weighted by Crippen LogP contribution is 2.08. The molecule has 0 amide bonds. The van der Waals surface area contributed by atoms with Gasteiger partial charge in [0.15, 0.2) is 0 Å². The molecule has 70 valence electrons. The molecule has 0 saturated carbocycles. The monoisotopic (exact) mass is 207 g/mol. The third-order valence-electron chi connectivity index (χ3n) is 1.54. The molecule has 0 aliphatic rings. The molecule has 0 aromatic heterocycles. The largest absolute Gasteiger partial charge is 0.206 e. The smallest absolute Gasteiger partial charge is 0.138 e. The van der Waals surface area contributed by atoms with Crippen LogP contribution < -0.4 is 0 Å². The summed E-state index contributed by atoms with van der Waals surface area (Å²) in [5.41, 5.74) is 0.649. The molecule has 1 aromatic rings. The summed E-state index contributed by atoms with van der Waals surface area (Å²) in [5.74, 6) is 5.35. The molecule has 1 aromatic carbocycles. The average molecular weight is 208 g/mol. The first-order chi connectivity index (χ1) is 6.77. The summed E-state index contributed by atoms with van der Waals surface area (Å²) in [6, 6.07) is 6.01. The Morgan fingerprint density at radius 3 is 2.86 bits per heavy atom. The van der Waals surface area contributed by atoms with E-state index in [9.17, 15) is 4.39 Å². The van der Waals surface area contributed by atoms with Crippen molar-refractivity contribution in [2.75, 3.05) is 5.88 Å².